The van der Waals surface area contributed by atoms with Crippen LogP contribution in [0.15, 0.2) is 67.0 Å². The summed E-state index contributed by atoms with van der Waals surface area (Å²) >= 11 is 0. The van der Waals surface area contributed by atoms with Gasteiger partial charge in [0.15, 0.2) is 11.3 Å². The van der Waals surface area contributed by atoms with Crippen molar-refractivity contribution in [3.63, 3.8) is 0 Å². The van der Waals surface area contributed by atoms with E-state index in [1.54, 1.807) is 41.4 Å². The molecule has 0 N–H and O–H groups in total. The molecule has 168 valence electrons. The first-order valence-electron chi connectivity index (χ1n) is 10.4. The Morgan fingerprint density at radius 1 is 0.939 bits per heavy atom. The van der Waals surface area contributed by atoms with Crippen molar-refractivity contribution in [2.24, 2.45) is 0 Å². The van der Waals surface area contributed by atoms with Gasteiger partial charge in [0.25, 0.3) is 5.91 Å². The molecule has 7 nitrogen and oxygen atoms in total. The van der Waals surface area contributed by atoms with Crippen LogP contribution in [0, 0.1) is 0 Å². The number of hydrogen-bond donors (Lipinski definition) is 0. The van der Waals surface area contributed by atoms with Gasteiger partial charge in [-0.05, 0) is 18.2 Å². The van der Waals surface area contributed by atoms with Crippen LogP contribution >= 0.6 is 0 Å². The predicted octanol–water partition coefficient (Wildman–Crippen LogP) is 3.77. The third-order valence-corrected chi connectivity index (χ3v) is 5.60. The largest absolute Gasteiger partial charge is 0.433 e. The Kier molecular flexibility index (Phi) is 5.20. The van der Waals surface area contributed by atoms with E-state index in [0.29, 0.717) is 36.3 Å². The van der Waals surface area contributed by atoms with Crippen LogP contribution in [0.2, 0.25) is 0 Å². The van der Waals surface area contributed by atoms with E-state index in [1.165, 1.54) is 6.20 Å². The average Bonchev–Trinajstić information content (AvgIpc) is 3.27. The fraction of sp³-hybridized carbons (Fsp3) is 0.217. The van der Waals surface area contributed by atoms with Crippen molar-refractivity contribution in [3.8, 4) is 11.3 Å². The number of hydrogen-bond acceptors (Lipinski definition) is 5. The van der Waals surface area contributed by atoms with E-state index < -0.39 is 17.8 Å². The van der Waals surface area contributed by atoms with E-state index >= 15 is 0 Å². The maximum absolute atomic E-state index is 13.8. The van der Waals surface area contributed by atoms with Gasteiger partial charge in [-0.25, -0.2) is 14.5 Å². The molecule has 4 aromatic rings. The Bertz CT molecular complexity index is 1280. The van der Waals surface area contributed by atoms with Crippen molar-refractivity contribution in [2.75, 3.05) is 31.1 Å². The second kappa shape index (κ2) is 8.19. The van der Waals surface area contributed by atoms with Crippen LogP contribution in [0.1, 0.15) is 16.1 Å². The summed E-state index contributed by atoms with van der Waals surface area (Å²) in [4.78, 5) is 25.6. The van der Waals surface area contributed by atoms with Crippen LogP contribution in [0.3, 0.4) is 0 Å². The summed E-state index contributed by atoms with van der Waals surface area (Å²) in [7, 11) is 0. The van der Waals surface area contributed by atoms with E-state index in [-0.39, 0.29) is 16.9 Å². The number of benzene rings is 1. The van der Waals surface area contributed by atoms with Crippen molar-refractivity contribution < 1.29 is 18.0 Å². The van der Waals surface area contributed by atoms with Crippen LogP contribution in [0.4, 0.5) is 19.0 Å². The van der Waals surface area contributed by atoms with Gasteiger partial charge in [-0.1, -0.05) is 36.4 Å². The Hall–Kier alpha value is -3.95. The summed E-state index contributed by atoms with van der Waals surface area (Å²) in [6, 6.07) is 15.1. The highest BCUT2D eigenvalue weighted by Gasteiger charge is 2.36. The lowest BCUT2D eigenvalue weighted by Gasteiger charge is -2.35. The number of piperazine rings is 1. The van der Waals surface area contributed by atoms with Gasteiger partial charge < -0.3 is 9.80 Å². The number of rotatable bonds is 3. The maximum Gasteiger partial charge on any atom is 0.433 e. The van der Waals surface area contributed by atoms with Gasteiger partial charge in [0.1, 0.15) is 11.4 Å². The summed E-state index contributed by atoms with van der Waals surface area (Å²) in [5, 5.41) is 3.86. The van der Waals surface area contributed by atoms with Crippen LogP contribution in [0.25, 0.3) is 16.9 Å². The fourth-order valence-electron chi connectivity index (χ4n) is 3.92. The van der Waals surface area contributed by atoms with Crippen molar-refractivity contribution in [1.82, 2.24) is 24.5 Å². The topological polar surface area (TPSA) is 66.6 Å². The van der Waals surface area contributed by atoms with Crippen molar-refractivity contribution in [2.45, 2.75) is 6.18 Å². The number of halogens is 3. The molecule has 5 rings (SSSR count). The second-order valence-corrected chi connectivity index (χ2v) is 7.65. The van der Waals surface area contributed by atoms with Crippen LogP contribution in [-0.2, 0) is 6.18 Å². The predicted molar refractivity (Wildman–Crippen MR) is 116 cm³/mol. The van der Waals surface area contributed by atoms with Crippen molar-refractivity contribution >= 4 is 17.4 Å². The quantitative estimate of drug-likeness (QED) is 0.474. The molecule has 0 radical (unpaired) electrons. The summed E-state index contributed by atoms with van der Waals surface area (Å²) in [5.74, 6) is 0.432. The third-order valence-electron chi connectivity index (χ3n) is 5.60. The Morgan fingerprint density at radius 3 is 2.33 bits per heavy atom. The SMILES string of the molecule is O=C(c1cnn2c(C(F)(F)F)cc(-c3ccccc3)nc12)N1CCN(c2ccccn2)CC1. The molecule has 33 heavy (non-hydrogen) atoms. The van der Waals surface area contributed by atoms with Crippen LogP contribution in [-0.4, -0.2) is 56.6 Å². The molecule has 0 unspecified atom stereocenters. The van der Waals surface area contributed by atoms with Gasteiger partial charge in [-0.3, -0.25) is 4.79 Å². The maximum atomic E-state index is 13.8. The number of aromatic nitrogens is 4. The summed E-state index contributed by atoms with van der Waals surface area (Å²) in [6.07, 6.45) is -1.79. The molecular formula is C23H19F3N6O. The van der Waals surface area contributed by atoms with Crippen molar-refractivity contribution in [1.29, 1.82) is 0 Å². The van der Waals surface area contributed by atoms with Gasteiger partial charge in [0, 0.05) is 37.9 Å². The summed E-state index contributed by atoms with van der Waals surface area (Å²) in [6.45, 7) is 1.96. The lowest BCUT2D eigenvalue weighted by Crippen LogP contribution is -2.49. The number of amides is 1. The molecule has 1 saturated heterocycles. The number of nitrogens with zero attached hydrogens (tertiary/aromatic N) is 6. The Labute approximate surface area is 187 Å². The molecule has 3 aromatic heterocycles. The summed E-state index contributed by atoms with van der Waals surface area (Å²) < 4.78 is 42.1. The number of anilines is 1. The molecule has 1 amide bonds. The van der Waals surface area contributed by atoms with Gasteiger partial charge in [-0.15, -0.1) is 0 Å². The third kappa shape index (κ3) is 3.99. The van der Waals surface area contributed by atoms with E-state index in [9.17, 15) is 18.0 Å². The normalized spacial score (nSPS) is 14.6. The summed E-state index contributed by atoms with van der Waals surface area (Å²) in [5.41, 5.74) is -0.394. The van der Waals surface area contributed by atoms with Gasteiger partial charge in [0.2, 0.25) is 0 Å². The van der Waals surface area contributed by atoms with Crippen molar-refractivity contribution in [3.05, 3.63) is 78.2 Å². The van der Waals surface area contributed by atoms with E-state index in [2.05, 4.69) is 20.0 Å². The highest BCUT2D eigenvalue weighted by atomic mass is 19.4. The minimum atomic E-state index is -4.66. The van der Waals surface area contributed by atoms with E-state index in [0.717, 1.165) is 11.9 Å². The minimum Gasteiger partial charge on any atom is -0.353 e. The standard InChI is InChI=1S/C23H19F3N6O/c24-23(25,26)19-14-18(16-6-2-1-3-7-16)29-21-17(15-28-32(19)21)22(33)31-12-10-30(11-13-31)20-8-4-5-9-27-20/h1-9,14-15H,10-13H2. The smallest absolute Gasteiger partial charge is 0.353 e. The molecule has 0 atom stereocenters. The molecule has 1 aromatic carbocycles. The first-order valence-corrected chi connectivity index (χ1v) is 10.4. The zero-order chi connectivity index (χ0) is 23.0. The molecular weight excluding hydrogens is 433 g/mol. The highest BCUT2D eigenvalue weighted by molar-refractivity contribution is 6.00. The minimum absolute atomic E-state index is 0.0459. The highest BCUT2D eigenvalue weighted by Crippen LogP contribution is 2.33. The number of carbonyl (C=O) groups is 1. The molecule has 1 aliphatic rings. The molecule has 0 spiro atoms. The average molecular weight is 452 g/mol. The molecule has 1 aliphatic heterocycles. The Morgan fingerprint density at radius 2 is 1.67 bits per heavy atom. The fourth-order valence-corrected chi connectivity index (χ4v) is 3.92. The van der Waals surface area contributed by atoms with Crippen LogP contribution in [0.5, 0.6) is 0 Å². The van der Waals surface area contributed by atoms with Gasteiger partial charge >= 0.3 is 6.18 Å². The second-order valence-electron chi connectivity index (χ2n) is 7.65. The zero-order valence-corrected chi connectivity index (χ0v) is 17.4. The molecule has 0 aliphatic carbocycles. The van der Waals surface area contributed by atoms with Gasteiger partial charge in [-0.2, -0.15) is 18.3 Å². The molecule has 0 saturated carbocycles. The van der Waals surface area contributed by atoms with Crippen LogP contribution < -0.4 is 4.90 Å². The Balaban J connectivity index is 1.48. The first-order chi connectivity index (χ1) is 15.9. The first kappa shape index (κ1) is 20.9. The lowest BCUT2D eigenvalue weighted by atomic mass is 10.1. The zero-order valence-electron chi connectivity index (χ0n) is 17.4. The molecule has 0 bridgehead atoms. The number of carbonyl (C=O) groups excluding carboxylic acids is 1. The monoisotopic (exact) mass is 452 g/mol. The number of fused-ring (bicyclic) bond motifs is 1. The number of pyridine rings is 1. The molecule has 4 heterocycles. The molecule has 1 fully saturated rings. The van der Waals surface area contributed by atoms with E-state index in [1.807, 2.05) is 18.2 Å². The number of alkyl halides is 3. The van der Waals surface area contributed by atoms with Gasteiger partial charge in [0.05, 0.1) is 11.9 Å². The lowest BCUT2D eigenvalue weighted by molar-refractivity contribution is -0.142. The van der Waals surface area contributed by atoms with E-state index in [4.69, 9.17) is 0 Å². The molecule has 10 heteroatoms.